The Labute approximate surface area is 176 Å². The van der Waals surface area contributed by atoms with E-state index >= 15 is 0 Å². The topological polar surface area (TPSA) is 82.6 Å². The van der Waals surface area contributed by atoms with Crippen LogP contribution in [-0.4, -0.2) is 38.2 Å². The van der Waals surface area contributed by atoms with E-state index in [1.807, 2.05) is 35.7 Å². The van der Waals surface area contributed by atoms with Crippen LogP contribution in [-0.2, 0) is 0 Å². The van der Waals surface area contributed by atoms with Gasteiger partial charge in [0, 0.05) is 24.1 Å². The molecule has 4 aromatic rings. The zero-order valence-electron chi connectivity index (χ0n) is 15.6. The predicted molar refractivity (Wildman–Crippen MR) is 117 cm³/mol. The second kappa shape index (κ2) is 8.22. The quantitative estimate of drug-likeness (QED) is 0.462. The van der Waals surface area contributed by atoms with E-state index in [0.717, 1.165) is 28.6 Å². The van der Waals surface area contributed by atoms with Crippen LogP contribution in [0.15, 0.2) is 64.0 Å². The minimum atomic E-state index is 0.504. The maximum Gasteiger partial charge on any atom is 0.234 e. The van der Waals surface area contributed by atoms with Gasteiger partial charge in [0.25, 0.3) is 0 Å². The molecular weight excluding hydrogens is 402 g/mol. The molecule has 1 fully saturated rings. The monoisotopic (exact) mass is 421 g/mol. The molecule has 1 aliphatic heterocycles. The molecule has 146 valence electrons. The van der Waals surface area contributed by atoms with Gasteiger partial charge in [0.1, 0.15) is 0 Å². The molecule has 9 heteroatoms. The second-order valence-electron chi connectivity index (χ2n) is 6.62. The lowest BCUT2D eigenvalue weighted by atomic mass is 10.3. The molecule has 0 saturated carbocycles. The molecule has 0 atom stereocenters. The number of nitrogens with one attached hydrogen (secondary N) is 2. The lowest BCUT2D eigenvalue weighted by molar-refractivity contribution is 0.831. The van der Waals surface area contributed by atoms with Crippen LogP contribution >= 0.6 is 23.1 Å². The van der Waals surface area contributed by atoms with E-state index in [9.17, 15) is 0 Å². The first-order chi connectivity index (χ1) is 14.3. The number of anilines is 3. The molecule has 1 aromatic carbocycles. The van der Waals surface area contributed by atoms with Gasteiger partial charge in [-0.15, -0.1) is 11.3 Å². The van der Waals surface area contributed by atoms with Crippen molar-refractivity contribution in [3.05, 3.63) is 53.9 Å². The Hall–Kier alpha value is -2.91. The zero-order valence-corrected chi connectivity index (χ0v) is 17.2. The lowest BCUT2D eigenvalue weighted by Crippen LogP contribution is -2.21. The third-order valence-corrected chi connectivity index (χ3v) is 6.32. The molecular formula is C20H19N7S2. The normalized spacial score (nSPS) is 13.7. The van der Waals surface area contributed by atoms with Crippen LogP contribution in [0, 0.1) is 0 Å². The zero-order chi connectivity index (χ0) is 19.5. The Bertz CT molecular complexity index is 1070. The molecule has 29 heavy (non-hydrogen) atoms. The standard InChI is InChI=1S/C20H19N7S2/c1-2-7-14(8-3-1)29-20-23-18(22-19(24-20)27-10-4-5-11-27)21-17-13-15(25-26-17)16-9-6-12-28-16/h1-3,6-9,12-13H,4-5,10-11H2,(H2,21,22,23,24,25,26). The van der Waals surface area contributed by atoms with E-state index < -0.39 is 0 Å². The maximum atomic E-state index is 4.70. The van der Waals surface area contributed by atoms with Crippen LogP contribution < -0.4 is 10.2 Å². The van der Waals surface area contributed by atoms with Crippen LogP contribution in [0.4, 0.5) is 17.7 Å². The molecule has 1 saturated heterocycles. The summed E-state index contributed by atoms with van der Waals surface area (Å²) in [4.78, 5) is 18.4. The first kappa shape index (κ1) is 18.1. The third kappa shape index (κ3) is 4.25. The van der Waals surface area contributed by atoms with Crippen molar-refractivity contribution in [3.63, 3.8) is 0 Å². The Morgan fingerprint density at radius 3 is 2.66 bits per heavy atom. The van der Waals surface area contributed by atoms with E-state index in [2.05, 4.69) is 48.6 Å². The van der Waals surface area contributed by atoms with Crippen molar-refractivity contribution in [1.82, 2.24) is 25.1 Å². The van der Waals surface area contributed by atoms with Gasteiger partial charge >= 0.3 is 0 Å². The van der Waals surface area contributed by atoms with Gasteiger partial charge in [0.05, 0.1) is 10.6 Å². The number of H-pyrrole nitrogens is 1. The van der Waals surface area contributed by atoms with Gasteiger partial charge < -0.3 is 10.2 Å². The Morgan fingerprint density at radius 2 is 1.86 bits per heavy atom. The van der Waals surface area contributed by atoms with Crippen molar-refractivity contribution in [2.24, 2.45) is 0 Å². The minimum Gasteiger partial charge on any atom is -0.341 e. The fourth-order valence-electron chi connectivity index (χ4n) is 3.16. The first-order valence-corrected chi connectivity index (χ1v) is 11.1. The predicted octanol–water partition coefficient (Wildman–Crippen LogP) is 4.82. The summed E-state index contributed by atoms with van der Waals surface area (Å²) in [5.74, 6) is 1.90. The molecule has 0 spiro atoms. The van der Waals surface area contributed by atoms with Gasteiger partial charge in [0.2, 0.25) is 11.9 Å². The van der Waals surface area contributed by atoms with Crippen LogP contribution in [0.5, 0.6) is 0 Å². The van der Waals surface area contributed by atoms with E-state index in [0.29, 0.717) is 22.9 Å². The number of benzene rings is 1. The largest absolute Gasteiger partial charge is 0.341 e. The highest BCUT2D eigenvalue weighted by molar-refractivity contribution is 7.99. The lowest BCUT2D eigenvalue weighted by Gasteiger charge is -2.16. The van der Waals surface area contributed by atoms with Gasteiger partial charge in [-0.05, 0) is 48.2 Å². The summed E-state index contributed by atoms with van der Waals surface area (Å²) in [7, 11) is 0. The van der Waals surface area contributed by atoms with Gasteiger partial charge in [-0.25, -0.2) is 0 Å². The summed E-state index contributed by atoms with van der Waals surface area (Å²) in [6, 6.07) is 16.2. The number of thiophene rings is 1. The highest BCUT2D eigenvalue weighted by Gasteiger charge is 2.18. The Kier molecular flexibility index (Phi) is 5.14. The highest BCUT2D eigenvalue weighted by atomic mass is 32.2. The van der Waals surface area contributed by atoms with Crippen molar-refractivity contribution in [1.29, 1.82) is 0 Å². The summed E-state index contributed by atoms with van der Waals surface area (Å²) in [6.45, 7) is 1.95. The molecule has 4 heterocycles. The molecule has 0 radical (unpaired) electrons. The van der Waals surface area contributed by atoms with Crippen molar-refractivity contribution in [3.8, 4) is 10.6 Å². The van der Waals surface area contributed by atoms with E-state index in [1.165, 1.54) is 24.6 Å². The molecule has 0 bridgehead atoms. The molecule has 5 rings (SSSR count). The fraction of sp³-hybridized carbons (Fsp3) is 0.200. The average Bonchev–Trinajstić information content (AvgIpc) is 3.50. The van der Waals surface area contributed by atoms with E-state index in [-0.39, 0.29) is 0 Å². The van der Waals surface area contributed by atoms with E-state index in [4.69, 9.17) is 4.98 Å². The number of aromatic nitrogens is 5. The van der Waals surface area contributed by atoms with E-state index in [1.54, 1.807) is 11.3 Å². The molecule has 3 aromatic heterocycles. The number of rotatable bonds is 6. The summed E-state index contributed by atoms with van der Waals surface area (Å²) in [6.07, 6.45) is 2.33. The smallest absolute Gasteiger partial charge is 0.234 e. The second-order valence-corrected chi connectivity index (χ2v) is 8.61. The Balaban J connectivity index is 1.43. The third-order valence-electron chi connectivity index (χ3n) is 4.55. The molecule has 0 aliphatic carbocycles. The van der Waals surface area contributed by atoms with Gasteiger partial charge in [-0.3, -0.25) is 5.10 Å². The summed E-state index contributed by atoms with van der Waals surface area (Å²) >= 11 is 3.20. The van der Waals surface area contributed by atoms with Crippen LogP contribution in [0.3, 0.4) is 0 Å². The van der Waals surface area contributed by atoms with Crippen LogP contribution in [0.1, 0.15) is 12.8 Å². The molecule has 7 nitrogen and oxygen atoms in total. The molecule has 0 amide bonds. The highest BCUT2D eigenvalue weighted by Crippen LogP contribution is 2.29. The number of aromatic amines is 1. The molecule has 0 unspecified atom stereocenters. The van der Waals surface area contributed by atoms with Gasteiger partial charge in [0.15, 0.2) is 11.0 Å². The first-order valence-electron chi connectivity index (χ1n) is 9.44. The van der Waals surface area contributed by atoms with Crippen LogP contribution in [0.2, 0.25) is 0 Å². The fourth-order valence-corrected chi connectivity index (χ4v) is 4.61. The average molecular weight is 422 g/mol. The molecule has 2 N–H and O–H groups in total. The maximum absolute atomic E-state index is 4.70. The van der Waals surface area contributed by atoms with Crippen molar-refractivity contribution >= 4 is 40.8 Å². The van der Waals surface area contributed by atoms with Gasteiger partial charge in [-0.1, -0.05) is 24.3 Å². The van der Waals surface area contributed by atoms with Crippen molar-refractivity contribution in [2.75, 3.05) is 23.3 Å². The minimum absolute atomic E-state index is 0.504. The summed E-state index contributed by atoms with van der Waals surface area (Å²) < 4.78 is 0. The summed E-state index contributed by atoms with van der Waals surface area (Å²) in [5.41, 5.74) is 0.968. The van der Waals surface area contributed by atoms with Crippen LogP contribution in [0.25, 0.3) is 10.6 Å². The van der Waals surface area contributed by atoms with Crippen molar-refractivity contribution < 1.29 is 0 Å². The van der Waals surface area contributed by atoms with Crippen molar-refractivity contribution in [2.45, 2.75) is 22.9 Å². The molecule has 1 aliphatic rings. The van der Waals surface area contributed by atoms with Gasteiger partial charge in [-0.2, -0.15) is 20.1 Å². The SMILES string of the molecule is c1ccc(Sc2nc(Nc3cc(-c4cccs4)[nH]n3)nc(N3CCCC3)n2)cc1. The number of nitrogens with zero attached hydrogens (tertiary/aromatic N) is 5. The summed E-state index contributed by atoms with van der Waals surface area (Å²) in [5, 5.41) is 13.4. The Morgan fingerprint density at radius 1 is 1.00 bits per heavy atom. The number of hydrogen-bond donors (Lipinski definition) is 2. The number of hydrogen-bond acceptors (Lipinski definition) is 8.